The van der Waals surface area contributed by atoms with E-state index < -0.39 is 11.4 Å². The van der Waals surface area contributed by atoms with E-state index >= 15 is 0 Å². The molecule has 0 spiro atoms. The SMILES string of the molecule is C=CCC1(C(=O)O)CCC(C)C(C)C1. The summed E-state index contributed by atoms with van der Waals surface area (Å²) >= 11 is 0. The molecule has 0 radical (unpaired) electrons. The normalized spacial score (nSPS) is 37.9. The van der Waals surface area contributed by atoms with Gasteiger partial charge < -0.3 is 5.11 Å². The molecule has 0 saturated heterocycles. The zero-order valence-electron chi connectivity index (χ0n) is 9.12. The van der Waals surface area contributed by atoms with Crippen LogP contribution in [-0.2, 0) is 4.79 Å². The minimum Gasteiger partial charge on any atom is -0.481 e. The van der Waals surface area contributed by atoms with Crippen molar-refractivity contribution < 1.29 is 9.90 Å². The van der Waals surface area contributed by atoms with Gasteiger partial charge in [0.1, 0.15) is 0 Å². The number of aliphatic carboxylic acids is 1. The summed E-state index contributed by atoms with van der Waals surface area (Å²) in [6.07, 6.45) is 4.99. The van der Waals surface area contributed by atoms with Gasteiger partial charge in [-0.15, -0.1) is 6.58 Å². The first-order valence-corrected chi connectivity index (χ1v) is 5.36. The first kappa shape index (κ1) is 11.3. The number of rotatable bonds is 3. The molecule has 2 nitrogen and oxygen atoms in total. The van der Waals surface area contributed by atoms with Crippen LogP contribution in [0.25, 0.3) is 0 Å². The number of allylic oxidation sites excluding steroid dienone is 1. The van der Waals surface area contributed by atoms with Gasteiger partial charge in [0.15, 0.2) is 0 Å². The minimum atomic E-state index is -0.642. The Kier molecular flexibility index (Phi) is 3.35. The first-order chi connectivity index (χ1) is 6.52. The summed E-state index contributed by atoms with van der Waals surface area (Å²) in [4.78, 5) is 11.3. The summed E-state index contributed by atoms with van der Waals surface area (Å²) in [7, 11) is 0. The lowest BCUT2D eigenvalue weighted by Crippen LogP contribution is -2.38. The lowest BCUT2D eigenvalue weighted by atomic mass is 9.65. The Bertz CT molecular complexity index is 234. The molecule has 3 atom stereocenters. The van der Waals surface area contributed by atoms with Crippen LogP contribution in [0.2, 0.25) is 0 Å². The van der Waals surface area contributed by atoms with E-state index in [1.165, 1.54) is 0 Å². The average molecular weight is 196 g/mol. The molecule has 0 aromatic rings. The van der Waals surface area contributed by atoms with Crippen molar-refractivity contribution in [3.8, 4) is 0 Å². The second-order valence-corrected chi connectivity index (χ2v) is 4.78. The molecule has 80 valence electrons. The van der Waals surface area contributed by atoms with Crippen molar-refractivity contribution in [1.29, 1.82) is 0 Å². The van der Waals surface area contributed by atoms with Gasteiger partial charge in [-0.3, -0.25) is 4.79 Å². The van der Waals surface area contributed by atoms with Crippen molar-refractivity contribution >= 4 is 5.97 Å². The van der Waals surface area contributed by atoms with E-state index in [9.17, 15) is 9.90 Å². The third-order valence-electron chi connectivity index (χ3n) is 3.75. The first-order valence-electron chi connectivity index (χ1n) is 5.36. The number of carbonyl (C=O) groups is 1. The van der Waals surface area contributed by atoms with Crippen LogP contribution in [0.4, 0.5) is 0 Å². The summed E-state index contributed by atoms with van der Waals surface area (Å²) in [5.74, 6) is 0.531. The molecule has 0 heterocycles. The lowest BCUT2D eigenvalue weighted by Gasteiger charge is -2.39. The Morgan fingerprint density at radius 1 is 1.57 bits per heavy atom. The Balaban J connectivity index is 2.79. The predicted molar refractivity (Wildman–Crippen MR) is 57.1 cm³/mol. The van der Waals surface area contributed by atoms with Gasteiger partial charge in [-0.25, -0.2) is 0 Å². The third kappa shape index (κ3) is 1.99. The lowest BCUT2D eigenvalue weighted by molar-refractivity contribution is -0.152. The highest BCUT2D eigenvalue weighted by Gasteiger charge is 2.42. The maximum atomic E-state index is 11.3. The van der Waals surface area contributed by atoms with Crippen LogP contribution in [0.1, 0.15) is 39.5 Å². The van der Waals surface area contributed by atoms with Crippen LogP contribution < -0.4 is 0 Å². The predicted octanol–water partition coefficient (Wildman–Crippen LogP) is 3.09. The standard InChI is InChI=1S/C12H20O2/c1-4-6-12(11(13)14)7-5-9(2)10(3)8-12/h4,9-10H,1,5-8H2,2-3H3,(H,13,14). The van der Waals surface area contributed by atoms with Crippen LogP contribution >= 0.6 is 0 Å². The molecule has 0 amide bonds. The highest BCUT2D eigenvalue weighted by Crippen LogP contribution is 2.44. The number of carboxylic acid groups (broad SMARTS) is 1. The molecule has 1 saturated carbocycles. The highest BCUT2D eigenvalue weighted by molar-refractivity contribution is 5.75. The number of carboxylic acids is 1. The Morgan fingerprint density at radius 3 is 2.64 bits per heavy atom. The fourth-order valence-electron chi connectivity index (χ4n) is 2.45. The van der Waals surface area contributed by atoms with Crippen molar-refractivity contribution in [2.75, 3.05) is 0 Å². The minimum absolute atomic E-state index is 0.514. The molecule has 1 fully saturated rings. The summed E-state index contributed by atoms with van der Waals surface area (Å²) in [5.41, 5.74) is -0.520. The molecule has 1 N–H and O–H groups in total. The van der Waals surface area contributed by atoms with Crippen molar-refractivity contribution in [2.24, 2.45) is 17.3 Å². The second kappa shape index (κ2) is 4.16. The largest absolute Gasteiger partial charge is 0.481 e. The number of hydrogen-bond donors (Lipinski definition) is 1. The monoisotopic (exact) mass is 196 g/mol. The van der Waals surface area contributed by atoms with Crippen LogP contribution in [0.5, 0.6) is 0 Å². The molecular weight excluding hydrogens is 176 g/mol. The molecule has 0 bridgehead atoms. The van der Waals surface area contributed by atoms with E-state index in [-0.39, 0.29) is 0 Å². The quantitative estimate of drug-likeness (QED) is 0.704. The topological polar surface area (TPSA) is 37.3 Å². The second-order valence-electron chi connectivity index (χ2n) is 4.78. The van der Waals surface area contributed by atoms with E-state index in [1.54, 1.807) is 6.08 Å². The molecule has 3 unspecified atom stereocenters. The zero-order valence-corrected chi connectivity index (χ0v) is 9.12. The van der Waals surface area contributed by atoms with Crippen LogP contribution in [0, 0.1) is 17.3 Å². The van der Waals surface area contributed by atoms with Crippen LogP contribution in [0.15, 0.2) is 12.7 Å². The van der Waals surface area contributed by atoms with Gasteiger partial charge in [-0.1, -0.05) is 19.9 Å². The molecule has 0 aromatic carbocycles. The molecule has 0 aliphatic heterocycles. The average Bonchev–Trinajstić information content (AvgIpc) is 2.12. The maximum absolute atomic E-state index is 11.3. The van der Waals surface area contributed by atoms with Gasteiger partial charge in [-0.2, -0.15) is 0 Å². The van der Waals surface area contributed by atoms with E-state index in [0.29, 0.717) is 18.3 Å². The van der Waals surface area contributed by atoms with Crippen molar-refractivity contribution in [3.63, 3.8) is 0 Å². The van der Waals surface area contributed by atoms with Gasteiger partial charge in [0.2, 0.25) is 0 Å². The Hall–Kier alpha value is -0.790. The van der Waals surface area contributed by atoms with E-state index in [1.807, 2.05) is 0 Å². The van der Waals surface area contributed by atoms with Crippen LogP contribution in [-0.4, -0.2) is 11.1 Å². The summed E-state index contributed by atoms with van der Waals surface area (Å²) in [6, 6.07) is 0. The summed E-state index contributed by atoms with van der Waals surface area (Å²) < 4.78 is 0. The molecule has 1 aliphatic rings. The van der Waals surface area contributed by atoms with Crippen molar-refractivity contribution in [1.82, 2.24) is 0 Å². The van der Waals surface area contributed by atoms with E-state index in [4.69, 9.17) is 0 Å². The van der Waals surface area contributed by atoms with Crippen LogP contribution in [0.3, 0.4) is 0 Å². The molecule has 2 heteroatoms. The molecule has 0 aromatic heterocycles. The van der Waals surface area contributed by atoms with Gasteiger partial charge in [0.25, 0.3) is 0 Å². The zero-order chi connectivity index (χ0) is 10.8. The molecule has 1 rings (SSSR count). The Labute approximate surface area is 86.0 Å². The number of hydrogen-bond acceptors (Lipinski definition) is 1. The summed E-state index contributed by atoms with van der Waals surface area (Å²) in [6.45, 7) is 8.03. The van der Waals surface area contributed by atoms with Gasteiger partial charge in [-0.05, 0) is 37.5 Å². The summed E-state index contributed by atoms with van der Waals surface area (Å²) in [5, 5.41) is 9.28. The van der Waals surface area contributed by atoms with E-state index in [0.717, 1.165) is 19.3 Å². The molecular formula is C12H20O2. The maximum Gasteiger partial charge on any atom is 0.309 e. The fraction of sp³-hybridized carbons (Fsp3) is 0.750. The fourth-order valence-corrected chi connectivity index (χ4v) is 2.45. The highest BCUT2D eigenvalue weighted by atomic mass is 16.4. The third-order valence-corrected chi connectivity index (χ3v) is 3.75. The Morgan fingerprint density at radius 2 is 2.21 bits per heavy atom. The van der Waals surface area contributed by atoms with Gasteiger partial charge in [0.05, 0.1) is 5.41 Å². The molecule has 14 heavy (non-hydrogen) atoms. The van der Waals surface area contributed by atoms with Gasteiger partial charge in [0, 0.05) is 0 Å². The van der Waals surface area contributed by atoms with Gasteiger partial charge >= 0.3 is 5.97 Å². The van der Waals surface area contributed by atoms with Crippen molar-refractivity contribution in [2.45, 2.75) is 39.5 Å². The smallest absolute Gasteiger partial charge is 0.309 e. The van der Waals surface area contributed by atoms with E-state index in [2.05, 4.69) is 20.4 Å². The van der Waals surface area contributed by atoms with Crippen molar-refractivity contribution in [3.05, 3.63) is 12.7 Å². The molecule has 1 aliphatic carbocycles.